The van der Waals surface area contributed by atoms with E-state index in [0.717, 1.165) is 0 Å². The number of carbonyl (C=O) groups excluding carboxylic acids is 1. The molecular formula is C13H18FNO. The second-order valence-electron chi connectivity index (χ2n) is 2.90. The van der Waals surface area contributed by atoms with Crippen LogP contribution in [0.1, 0.15) is 27.2 Å². The van der Waals surface area contributed by atoms with Gasteiger partial charge in [-0.05, 0) is 24.3 Å². The van der Waals surface area contributed by atoms with E-state index in [2.05, 4.69) is 32.0 Å². The zero-order valence-electron chi connectivity index (χ0n) is 9.96. The molecule has 16 heavy (non-hydrogen) atoms. The fourth-order valence-electron chi connectivity index (χ4n) is 0.736. The highest BCUT2D eigenvalue weighted by Gasteiger charge is 1.93. The molecule has 88 valence electrons. The molecule has 0 unspecified atom stereocenters. The van der Waals surface area contributed by atoms with Gasteiger partial charge in [0.2, 0.25) is 5.91 Å². The van der Waals surface area contributed by atoms with Crippen LogP contribution in [0.2, 0.25) is 0 Å². The molecule has 1 aromatic rings. The average molecular weight is 223 g/mol. The van der Waals surface area contributed by atoms with Crippen molar-refractivity contribution in [2.45, 2.75) is 27.2 Å². The van der Waals surface area contributed by atoms with Crippen molar-refractivity contribution >= 4 is 11.6 Å². The van der Waals surface area contributed by atoms with E-state index < -0.39 is 0 Å². The maximum atomic E-state index is 12.3. The number of rotatable bonds is 1. The molecule has 0 bridgehead atoms. The Labute approximate surface area is 96.9 Å². The second kappa shape index (κ2) is 11.3. The third-order valence-corrected chi connectivity index (χ3v) is 1.16. The number of benzene rings is 1. The van der Waals surface area contributed by atoms with Crippen molar-refractivity contribution in [3.8, 4) is 12.8 Å². The van der Waals surface area contributed by atoms with Crippen LogP contribution in [-0.2, 0) is 4.79 Å². The largest absolute Gasteiger partial charge is 0.326 e. The third-order valence-electron chi connectivity index (χ3n) is 1.16. The van der Waals surface area contributed by atoms with Crippen LogP contribution < -0.4 is 5.32 Å². The summed E-state index contributed by atoms with van der Waals surface area (Å²) >= 11 is 0. The highest BCUT2D eigenvalue weighted by molar-refractivity contribution is 5.88. The molecule has 0 saturated heterocycles. The molecule has 0 fully saturated rings. The Morgan fingerprint density at radius 1 is 1.25 bits per heavy atom. The zero-order chi connectivity index (χ0) is 13.0. The van der Waals surface area contributed by atoms with Crippen molar-refractivity contribution in [2.24, 2.45) is 0 Å². The first kappa shape index (κ1) is 16.6. The Morgan fingerprint density at radius 2 is 1.62 bits per heavy atom. The predicted molar refractivity (Wildman–Crippen MR) is 66.6 cm³/mol. The van der Waals surface area contributed by atoms with Crippen molar-refractivity contribution in [1.29, 1.82) is 0 Å². The maximum absolute atomic E-state index is 12.3. The fraction of sp³-hybridized carbons (Fsp3) is 0.308. The molecule has 0 atom stereocenters. The molecular weight excluding hydrogens is 205 g/mol. The Morgan fingerprint density at radius 3 is 1.94 bits per heavy atom. The normalized spacial score (nSPS) is 7.62. The topological polar surface area (TPSA) is 29.1 Å². The average Bonchev–Trinajstić information content (AvgIpc) is 2.25. The van der Waals surface area contributed by atoms with Crippen molar-refractivity contribution in [1.82, 2.24) is 0 Å². The van der Waals surface area contributed by atoms with Gasteiger partial charge in [-0.15, -0.1) is 12.8 Å². The van der Waals surface area contributed by atoms with Crippen LogP contribution in [0.5, 0.6) is 0 Å². The lowest BCUT2D eigenvalue weighted by Crippen LogP contribution is -2.05. The molecule has 0 aliphatic heterocycles. The fourth-order valence-corrected chi connectivity index (χ4v) is 0.736. The van der Waals surface area contributed by atoms with Gasteiger partial charge in [0.25, 0.3) is 0 Å². The summed E-state index contributed by atoms with van der Waals surface area (Å²) in [6.07, 6.45) is 9.25. The predicted octanol–water partition coefficient (Wildman–Crippen LogP) is 3.45. The minimum atomic E-state index is -0.306. The molecule has 1 N–H and O–H groups in total. The first-order valence-electron chi connectivity index (χ1n) is 4.96. The summed E-state index contributed by atoms with van der Waals surface area (Å²) in [7, 11) is 0. The number of amides is 1. The minimum Gasteiger partial charge on any atom is -0.326 e. The van der Waals surface area contributed by atoms with E-state index in [1.165, 1.54) is 37.6 Å². The number of anilines is 1. The maximum Gasteiger partial charge on any atom is 0.221 e. The van der Waals surface area contributed by atoms with Gasteiger partial charge >= 0.3 is 0 Å². The quantitative estimate of drug-likeness (QED) is 0.726. The molecule has 3 heteroatoms. The van der Waals surface area contributed by atoms with Gasteiger partial charge in [0.15, 0.2) is 0 Å². The monoisotopic (exact) mass is 223 g/mol. The van der Waals surface area contributed by atoms with E-state index in [1.807, 2.05) is 0 Å². The highest BCUT2D eigenvalue weighted by Crippen LogP contribution is 2.07. The van der Waals surface area contributed by atoms with Gasteiger partial charge in [-0.3, -0.25) is 4.79 Å². The Bertz CT molecular complexity index is 303. The van der Waals surface area contributed by atoms with Gasteiger partial charge in [0.05, 0.1) is 0 Å². The molecule has 0 aromatic heterocycles. The van der Waals surface area contributed by atoms with Crippen LogP contribution in [0.15, 0.2) is 24.3 Å². The number of halogens is 1. The summed E-state index contributed by atoms with van der Waals surface area (Å²) in [5.41, 5.74) is 0.610. The van der Waals surface area contributed by atoms with Gasteiger partial charge < -0.3 is 5.32 Å². The summed E-state index contributed by atoms with van der Waals surface area (Å²) in [6.45, 7) is 5.66. The number of nitrogens with one attached hydrogen (secondary N) is 1. The highest BCUT2D eigenvalue weighted by atomic mass is 19.1. The van der Waals surface area contributed by atoms with E-state index in [4.69, 9.17) is 0 Å². The smallest absolute Gasteiger partial charge is 0.221 e. The molecule has 1 aromatic carbocycles. The summed E-state index contributed by atoms with van der Waals surface area (Å²) in [5.74, 6) is -0.462. The number of carbonyl (C=O) groups is 1. The van der Waals surface area contributed by atoms with E-state index in [-0.39, 0.29) is 11.7 Å². The van der Waals surface area contributed by atoms with Crippen molar-refractivity contribution < 1.29 is 9.18 Å². The lowest BCUT2D eigenvalue weighted by atomic mass is 10.3. The molecule has 0 heterocycles. The van der Waals surface area contributed by atoms with Crippen molar-refractivity contribution in [2.75, 3.05) is 5.32 Å². The van der Waals surface area contributed by atoms with Crippen molar-refractivity contribution in [3.63, 3.8) is 0 Å². The minimum absolute atomic E-state index is 0.156. The second-order valence-corrected chi connectivity index (χ2v) is 2.90. The van der Waals surface area contributed by atoms with Gasteiger partial charge in [0, 0.05) is 12.6 Å². The van der Waals surface area contributed by atoms with Crippen LogP contribution in [0.4, 0.5) is 10.1 Å². The van der Waals surface area contributed by atoms with Crippen LogP contribution in [0.3, 0.4) is 0 Å². The molecule has 0 aliphatic carbocycles. The summed E-state index contributed by atoms with van der Waals surface area (Å²) < 4.78 is 12.3. The Hall–Kier alpha value is -1.82. The Kier molecular flexibility index (Phi) is 11.7. The first-order valence-corrected chi connectivity index (χ1v) is 4.96. The number of hydrogen-bond acceptors (Lipinski definition) is 1. The van der Waals surface area contributed by atoms with Gasteiger partial charge in [-0.2, -0.15) is 0 Å². The van der Waals surface area contributed by atoms with Gasteiger partial charge in [-0.1, -0.05) is 20.3 Å². The summed E-state index contributed by atoms with van der Waals surface area (Å²) in [6, 6.07) is 5.62. The molecule has 0 saturated carbocycles. The Balaban J connectivity index is 0. The van der Waals surface area contributed by atoms with Crippen LogP contribution >= 0.6 is 0 Å². The molecule has 1 rings (SSSR count). The molecule has 0 radical (unpaired) electrons. The molecule has 2 nitrogen and oxygen atoms in total. The zero-order valence-corrected chi connectivity index (χ0v) is 9.96. The van der Waals surface area contributed by atoms with Crippen molar-refractivity contribution in [3.05, 3.63) is 30.1 Å². The summed E-state index contributed by atoms with van der Waals surface area (Å²) in [4.78, 5) is 10.5. The summed E-state index contributed by atoms with van der Waals surface area (Å²) in [5, 5.41) is 2.53. The molecule has 0 spiro atoms. The van der Waals surface area contributed by atoms with Gasteiger partial charge in [0.1, 0.15) is 5.82 Å². The van der Waals surface area contributed by atoms with E-state index in [9.17, 15) is 9.18 Å². The molecule has 0 aliphatic rings. The van der Waals surface area contributed by atoms with Gasteiger partial charge in [-0.25, -0.2) is 4.39 Å². The van der Waals surface area contributed by atoms with Crippen LogP contribution in [0.25, 0.3) is 0 Å². The lowest BCUT2D eigenvalue weighted by Gasteiger charge is -1.99. The first-order chi connectivity index (χ1) is 7.60. The van der Waals surface area contributed by atoms with Crippen LogP contribution in [-0.4, -0.2) is 5.91 Å². The number of hydrogen-bond donors (Lipinski definition) is 1. The lowest BCUT2D eigenvalue weighted by molar-refractivity contribution is -0.114. The van der Waals surface area contributed by atoms with E-state index >= 15 is 0 Å². The molecule has 1 amide bonds. The van der Waals surface area contributed by atoms with E-state index in [1.54, 1.807) is 0 Å². The third kappa shape index (κ3) is 10.3. The van der Waals surface area contributed by atoms with E-state index in [0.29, 0.717) is 5.69 Å². The van der Waals surface area contributed by atoms with Crippen LogP contribution in [0, 0.1) is 18.7 Å². The standard InChI is InChI=1S/C8H8FNO.C3H8.C2H2/c1-6(11)10-8-4-2-7(9)3-5-8;1-3-2;1-2/h2-5H,1H3,(H,10,11);3H2,1-2H3;1-2H. The number of terminal acetylenes is 1. The SMILES string of the molecule is C#C.CC(=O)Nc1ccc(F)cc1.CCC.